The van der Waals surface area contributed by atoms with Crippen molar-refractivity contribution in [2.75, 3.05) is 0 Å². The van der Waals surface area contributed by atoms with E-state index in [0.717, 1.165) is 0 Å². The first kappa shape index (κ1) is 9.41. The first-order valence-electron chi connectivity index (χ1n) is 5.73. The molecule has 0 spiro atoms. The summed E-state index contributed by atoms with van der Waals surface area (Å²) in [5, 5.41) is 5.38. The molecule has 0 radical (unpaired) electrons. The molecule has 1 aliphatic rings. The van der Waals surface area contributed by atoms with Crippen molar-refractivity contribution in [1.29, 1.82) is 0 Å². The van der Waals surface area contributed by atoms with E-state index < -0.39 is 0 Å². The monoisotopic (exact) mass is 206 g/mol. The van der Waals surface area contributed by atoms with E-state index in [-0.39, 0.29) is 0 Å². The Morgan fingerprint density at radius 2 is 1.56 bits per heavy atom. The Labute approximate surface area is 95.2 Å². The van der Waals surface area contributed by atoms with Gasteiger partial charge in [0.05, 0.1) is 0 Å². The Morgan fingerprint density at radius 3 is 2.25 bits per heavy atom. The molecular formula is C16H14. The molecule has 0 bridgehead atoms. The maximum Gasteiger partial charge on any atom is -0.0172 e. The molecule has 0 aliphatic heterocycles. The Hall–Kier alpha value is -1.82. The minimum Gasteiger partial charge on any atom is -0.0985 e. The van der Waals surface area contributed by atoms with Gasteiger partial charge >= 0.3 is 0 Å². The molecular weight excluding hydrogens is 192 g/mol. The summed E-state index contributed by atoms with van der Waals surface area (Å²) in [5.41, 5.74) is 1.19. The summed E-state index contributed by atoms with van der Waals surface area (Å²) in [4.78, 5) is 0. The number of fused-ring (bicyclic) bond motifs is 2. The van der Waals surface area contributed by atoms with Gasteiger partial charge in [-0.25, -0.2) is 0 Å². The predicted molar refractivity (Wildman–Crippen MR) is 71.5 cm³/mol. The molecule has 0 saturated carbocycles. The predicted octanol–water partition coefficient (Wildman–Crippen LogP) is 2.84. The van der Waals surface area contributed by atoms with E-state index in [2.05, 4.69) is 49.1 Å². The van der Waals surface area contributed by atoms with E-state index in [1.165, 1.54) is 39.6 Å². The zero-order chi connectivity index (χ0) is 11.0. The molecule has 3 rings (SSSR count). The molecule has 1 aliphatic carbocycles. The second kappa shape index (κ2) is 3.64. The molecule has 2 aromatic carbocycles. The van der Waals surface area contributed by atoms with Gasteiger partial charge in [0.25, 0.3) is 0 Å². The van der Waals surface area contributed by atoms with Gasteiger partial charge in [0, 0.05) is 0 Å². The summed E-state index contributed by atoms with van der Waals surface area (Å²) in [6.07, 6.45) is 8.89. The van der Waals surface area contributed by atoms with Crippen LogP contribution >= 0.6 is 0 Å². The summed E-state index contributed by atoms with van der Waals surface area (Å²) in [6.45, 7) is 3.81. The van der Waals surface area contributed by atoms with Gasteiger partial charge in [-0.05, 0) is 57.8 Å². The third kappa shape index (κ3) is 1.47. The third-order valence-electron chi connectivity index (χ3n) is 3.20. The van der Waals surface area contributed by atoms with Gasteiger partial charge in [0.15, 0.2) is 0 Å². The van der Waals surface area contributed by atoms with Gasteiger partial charge in [-0.3, -0.25) is 0 Å². The highest BCUT2D eigenvalue weighted by Gasteiger charge is 1.98. The van der Waals surface area contributed by atoms with E-state index in [1.807, 2.05) is 6.08 Å². The molecule has 2 aromatic rings. The van der Waals surface area contributed by atoms with Crippen LogP contribution in [0.15, 0.2) is 36.9 Å². The van der Waals surface area contributed by atoms with E-state index in [4.69, 9.17) is 0 Å². The van der Waals surface area contributed by atoms with Crippen LogP contribution in [0.5, 0.6) is 0 Å². The number of hydrogen-bond donors (Lipinski definition) is 0. The fourth-order valence-corrected chi connectivity index (χ4v) is 2.31. The lowest BCUT2D eigenvalue weighted by molar-refractivity contribution is 1.12. The first-order chi connectivity index (χ1) is 7.86. The zero-order valence-corrected chi connectivity index (χ0v) is 9.24. The molecule has 0 atom stereocenters. The van der Waals surface area contributed by atoms with Crippen molar-refractivity contribution in [3.63, 3.8) is 0 Å². The highest BCUT2D eigenvalue weighted by Crippen LogP contribution is 2.14. The standard InChI is InChI=1S/C16H14/c1-2-12-7-8-15-10-13-5-3-4-6-14(13)11-16(15)9-12/h2,5-11H,1,3-4H2. The molecule has 78 valence electrons. The molecule has 0 fully saturated rings. The van der Waals surface area contributed by atoms with Crippen molar-refractivity contribution in [2.45, 2.75) is 12.8 Å². The number of hydrogen-bond acceptors (Lipinski definition) is 0. The first-order valence-corrected chi connectivity index (χ1v) is 5.73. The van der Waals surface area contributed by atoms with Crippen molar-refractivity contribution in [2.24, 2.45) is 0 Å². The van der Waals surface area contributed by atoms with Crippen LogP contribution in [0.25, 0.3) is 29.0 Å². The van der Waals surface area contributed by atoms with Crippen LogP contribution in [-0.2, 0) is 0 Å². The minimum atomic E-state index is 1.17. The fraction of sp³-hybridized carbons (Fsp3) is 0.125. The Morgan fingerprint density at radius 1 is 0.875 bits per heavy atom. The van der Waals surface area contributed by atoms with Crippen molar-refractivity contribution >= 4 is 29.0 Å². The maximum absolute atomic E-state index is 3.81. The SMILES string of the molecule is C=Cc1ccc2cc3c(cc2c1)=CCCC=3. The van der Waals surface area contributed by atoms with E-state index >= 15 is 0 Å². The van der Waals surface area contributed by atoms with Crippen LogP contribution < -0.4 is 10.4 Å². The normalized spacial score (nSPS) is 13.8. The quantitative estimate of drug-likeness (QED) is 0.673. The topological polar surface area (TPSA) is 0 Å². The van der Waals surface area contributed by atoms with Crippen molar-refractivity contribution < 1.29 is 0 Å². The molecule has 0 unspecified atom stereocenters. The second-order valence-electron chi connectivity index (χ2n) is 4.28. The smallest absolute Gasteiger partial charge is 0.0172 e. The fourth-order valence-electron chi connectivity index (χ4n) is 2.31. The molecule has 0 amide bonds. The lowest BCUT2D eigenvalue weighted by Gasteiger charge is -2.04. The molecule has 0 nitrogen and oxygen atoms in total. The summed E-state index contributed by atoms with van der Waals surface area (Å²) in [5.74, 6) is 0. The molecule has 0 heterocycles. The third-order valence-corrected chi connectivity index (χ3v) is 3.20. The molecule has 0 aromatic heterocycles. The highest BCUT2D eigenvalue weighted by atomic mass is 14.0. The lowest BCUT2D eigenvalue weighted by atomic mass is 10.0. The van der Waals surface area contributed by atoms with E-state index in [0.29, 0.717) is 0 Å². The van der Waals surface area contributed by atoms with Crippen LogP contribution in [0.2, 0.25) is 0 Å². The number of rotatable bonds is 1. The second-order valence-corrected chi connectivity index (χ2v) is 4.28. The highest BCUT2D eigenvalue weighted by molar-refractivity contribution is 5.85. The average molecular weight is 206 g/mol. The van der Waals surface area contributed by atoms with Crippen molar-refractivity contribution in [1.82, 2.24) is 0 Å². The Balaban J connectivity index is 2.41. The largest absolute Gasteiger partial charge is 0.0985 e. The molecule has 0 heteroatoms. The van der Waals surface area contributed by atoms with E-state index in [1.54, 1.807) is 0 Å². The molecule has 0 N–H and O–H groups in total. The summed E-state index contributed by atoms with van der Waals surface area (Å²) >= 11 is 0. The van der Waals surface area contributed by atoms with Crippen LogP contribution in [0.1, 0.15) is 18.4 Å². The van der Waals surface area contributed by atoms with Gasteiger partial charge in [0.1, 0.15) is 0 Å². The molecule has 0 saturated heterocycles. The zero-order valence-electron chi connectivity index (χ0n) is 9.24. The van der Waals surface area contributed by atoms with Crippen LogP contribution in [-0.4, -0.2) is 0 Å². The van der Waals surface area contributed by atoms with Crippen molar-refractivity contribution in [3.8, 4) is 0 Å². The summed E-state index contributed by atoms with van der Waals surface area (Å²) in [7, 11) is 0. The average Bonchev–Trinajstić information content (AvgIpc) is 2.35. The summed E-state index contributed by atoms with van der Waals surface area (Å²) in [6, 6.07) is 11.1. The van der Waals surface area contributed by atoms with Crippen LogP contribution in [0.3, 0.4) is 0 Å². The van der Waals surface area contributed by atoms with Gasteiger partial charge < -0.3 is 0 Å². The molecule has 16 heavy (non-hydrogen) atoms. The van der Waals surface area contributed by atoms with Gasteiger partial charge in [-0.1, -0.05) is 36.9 Å². The maximum atomic E-state index is 3.81. The van der Waals surface area contributed by atoms with Crippen LogP contribution in [0.4, 0.5) is 0 Å². The Bertz CT molecular complexity index is 675. The van der Waals surface area contributed by atoms with Gasteiger partial charge in [0.2, 0.25) is 0 Å². The van der Waals surface area contributed by atoms with E-state index in [9.17, 15) is 0 Å². The summed E-state index contributed by atoms with van der Waals surface area (Å²) < 4.78 is 0. The van der Waals surface area contributed by atoms with Crippen LogP contribution in [0, 0.1) is 0 Å². The number of benzene rings is 2. The Kier molecular flexibility index (Phi) is 2.14. The minimum absolute atomic E-state index is 1.17. The lowest BCUT2D eigenvalue weighted by Crippen LogP contribution is -2.26. The van der Waals surface area contributed by atoms with Gasteiger partial charge in [-0.15, -0.1) is 0 Å². The van der Waals surface area contributed by atoms with Gasteiger partial charge in [-0.2, -0.15) is 0 Å². The van der Waals surface area contributed by atoms with Crippen molar-refractivity contribution in [3.05, 3.63) is 52.9 Å².